The van der Waals surface area contributed by atoms with Crippen LogP contribution in [0.3, 0.4) is 0 Å². The van der Waals surface area contributed by atoms with Gasteiger partial charge < -0.3 is 15.0 Å². The monoisotopic (exact) mass is 304 g/mol. The van der Waals surface area contributed by atoms with Crippen LogP contribution in [0.1, 0.15) is 39.5 Å². The third-order valence-corrected chi connectivity index (χ3v) is 3.95. The standard InChI is InChI=1S/C15H28N2O2.ClH/c1-12(2)6-8-19-14-5-7-17(11-14)15(18)10-16-9-13-3-4-13;/h12-14,16H,3-11H2,1-2H3;1H. The number of nitrogens with zero attached hydrogens (tertiary/aromatic N) is 1. The van der Waals surface area contributed by atoms with E-state index in [1.807, 2.05) is 4.90 Å². The highest BCUT2D eigenvalue weighted by Crippen LogP contribution is 2.27. The van der Waals surface area contributed by atoms with Crippen molar-refractivity contribution in [2.75, 3.05) is 32.8 Å². The molecule has 0 bridgehead atoms. The van der Waals surface area contributed by atoms with E-state index in [0.29, 0.717) is 12.5 Å². The summed E-state index contributed by atoms with van der Waals surface area (Å²) in [7, 11) is 0. The van der Waals surface area contributed by atoms with Crippen LogP contribution >= 0.6 is 12.4 Å². The van der Waals surface area contributed by atoms with Gasteiger partial charge in [-0.05, 0) is 44.1 Å². The molecule has 1 amide bonds. The first-order valence-corrected chi connectivity index (χ1v) is 7.75. The summed E-state index contributed by atoms with van der Waals surface area (Å²) in [5, 5.41) is 3.26. The lowest BCUT2D eigenvalue weighted by molar-refractivity contribution is -0.129. The van der Waals surface area contributed by atoms with Gasteiger partial charge in [0.1, 0.15) is 0 Å². The Morgan fingerprint density at radius 3 is 2.75 bits per heavy atom. The van der Waals surface area contributed by atoms with Crippen LogP contribution in [0.2, 0.25) is 0 Å². The first kappa shape index (κ1) is 17.7. The van der Waals surface area contributed by atoms with Crippen molar-refractivity contribution in [2.24, 2.45) is 11.8 Å². The summed E-state index contributed by atoms with van der Waals surface area (Å²) in [6.45, 7) is 8.38. The van der Waals surface area contributed by atoms with Crippen LogP contribution in [-0.2, 0) is 9.53 Å². The van der Waals surface area contributed by atoms with Crippen molar-refractivity contribution in [1.29, 1.82) is 0 Å². The second kappa shape index (κ2) is 8.85. The van der Waals surface area contributed by atoms with Crippen LogP contribution in [0.15, 0.2) is 0 Å². The fraction of sp³-hybridized carbons (Fsp3) is 0.933. The van der Waals surface area contributed by atoms with Gasteiger partial charge in [0.25, 0.3) is 0 Å². The molecule has 0 radical (unpaired) electrons. The van der Waals surface area contributed by atoms with Gasteiger partial charge in [0, 0.05) is 19.7 Å². The van der Waals surface area contributed by atoms with E-state index >= 15 is 0 Å². The molecule has 1 unspecified atom stereocenters. The van der Waals surface area contributed by atoms with E-state index in [9.17, 15) is 4.79 Å². The molecule has 1 N–H and O–H groups in total. The fourth-order valence-electron chi connectivity index (χ4n) is 2.38. The molecule has 0 aromatic carbocycles. The maximum atomic E-state index is 12.0. The molecule has 1 saturated carbocycles. The maximum Gasteiger partial charge on any atom is 0.236 e. The first-order valence-electron chi connectivity index (χ1n) is 7.75. The van der Waals surface area contributed by atoms with Crippen molar-refractivity contribution < 1.29 is 9.53 Å². The average Bonchev–Trinajstić information content (AvgIpc) is 3.05. The number of hydrogen-bond donors (Lipinski definition) is 1. The number of carbonyl (C=O) groups is 1. The predicted molar refractivity (Wildman–Crippen MR) is 83.2 cm³/mol. The second-order valence-corrected chi connectivity index (χ2v) is 6.38. The number of carbonyl (C=O) groups excluding carboxylic acids is 1. The van der Waals surface area contributed by atoms with Crippen LogP contribution in [0.4, 0.5) is 0 Å². The fourth-order valence-corrected chi connectivity index (χ4v) is 2.38. The zero-order valence-corrected chi connectivity index (χ0v) is 13.6. The van der Waals surface area contributed by atoms with Crippen molar-refractivity contribution in [2.45, 2.75) is 45.6 Å². The van der Waals surface area contributed by atoms with Crippen molar-refractivity contribution in [1.82, 2.24) is 10.2 Å². The minimum Gasteiger partial charge on any atom is -0.376 e. The zero-order valence-electron chi connectivity index (χ0n) is 12.8. The molecule has 1 atom stereocenters. The summed E-state index contributed by atoms with van der Waals surface area (Å²) in [6, 6.07) is 0. The Kier molecular flexibility index (Phi) is 7.85. The molecule has 2 fully saturated rings. The molecule has 0 aromatic rings. The molecule has 1 aliphatic carbocycles. The Morgan fingerprint density at radius 1 is 1.35 bits per heavy atom. The van der Waals surface area contributed by atoms with Gasteiger partial charge in [0.05, 0.1) is 12.6 Å². The van der Waals surface area contributed by atoms with Crippen LogP contribution in [0.25, 0.3) is 0 Å². The number of ether oxygens (including phenoxy) is 1. The van der Waals surface area contributed by atoms with E-state index in [1.54, 1.807) is 0 Å². The summed E-state index contributed by atoms with van der Waals surface area (Å²) in [5.41, 5.74) is 0. The van der Waals surface area contributed by atoms with Gasteiger partial charge >= 0.3 is 0 Å². The molecule has 1 saturated heterocycles. The molecule has 2 aliphatic rings. The van der Waals surface area contributed by atoms with Crippen LogP contribution in [0.5, 0.6) is 0 Å². The van der Waals surface area contributed by atoms with E-state index in [1.165, 1.54) is 12.8 Å². The van der Waals surface area contributed by atoms with Gasteiger partial charge in [-0.2, -0.15) is 0 Å². The Bertz CT molecular complexity index is 296. The summed E-state index contributed by atoms with van der Waals surface area (Å²) in [5.74, 6) is 1.75. The molecule has 0 aromatic heterocycles. The van der Waals surface area contributed by atoms with Crippen LogP contribution < -0.4 is 5.32 Å². The van der Waals surface area contributed by atoms with Crippen molar-refractivity contribution >= 4 is 18.3 Å². The number of halogens is 1. The minimum atomic E-state index is 0. The first-order chi connectivity index (χ1) is 9.15. The Hall–Kier alpha value is -0.320. The Morgan fingerprint density at radius 2 is 2.10 bits per heavy atom. The second-order valence-electron chi connectivity index (χ2n) is 6.38. The van der Waals surface area contributed by atoms with E-state index in [0.717, 1.165) is 45.0 Å². The number of amides is 1. The lowest BCUT2D eigenvalue weighted by Crippen LogP contribution is -2.38. The van der Waals surface area contributed by atoms with Gasteiger partial charge in [-0.1, -0.05) is 13.8 Å². The third kappa shape index (κ3) is 6.42. The van der Waals surface area contributed by atoms with Crippen molar-refractivity contribution in [3.05, 3.63) is 0 Å². The molecule has 0 spiro atoms. The predicted octanol–water partition coefficient (Wildman–Crippen LogP) is 2.07. The van der Waals surface area contributed by atoms with Gasteiger partial charge in [-0.3, -0.25) is 4.79 Å². The number of nitrogens with one attached hydrogen (secondary N) is 1. The molecular weight excluding hydrogens is 276 g/mol. The molecule has 20 heavy (non-hydrogen) atoms. The lowest BCUT2D eigenvalue weighted by Gasteiger charge is -2.17. The normalized spacial score (nSPS) is 22.1. The van der Waals surface area contributed by atoms with E-state index < -0.39 is 0 Å². The molecule has 5 heteroatoms. The van der Waals surface area contributed by atoms with Gasteiger partial charge in [-0.25, -0.2) is 0 Å². The molecule has 118 valence electrons. The van der Waals surface area contributed by atoms with Crippen LogP contribution in [0, 0.1) is 11.8 Å². The Labute approximate surface area is 129 Å². The van der Waals surface area contributed by atoms with Crippen molar-refractivity contribution in [3.8, 4) is 0 Å². The third-order valence-electron chi connectivity index (χ3n) is 3.95. The lowest BCUT2D eigenvalue weighted by atomic mass is 10.1. The molecule has 2 rings (SSSR count). The number of likely N-dealkylation sites (tertiary alicyclic amines) is 1. The minimum absolute atomic E-state index is 0. The van der Waals surface area contributed by atoms with Crippen molar-refractivity contribution in [3.63, 3.8) is 0 Å². The summed E-state index contributed by atoms with van der Waals surface area (Å²) in [4.78, 5) is 13.9. The van der Waals surface area contributed by atoms with E-state index in [4.69, 9.17) is 4.74 Å². The number of hydrogen-bond acceptors (Lipinski definition) is 3. The molecule has 1 aliphatic heterocycles. The van der Waals surface area contributed by atoms with Gasteiger partial charge in [0.2, 0.25) is 5.91 Å². The van der Waals surface area contributed by atoms with Gasteiger partial charge in [-0.15, -0.1) is 12.4 Å². The molecule has 4 nitrogen and oxygen atoms in total. The smallest absolute Gasteiger partial charge is 0.236 e. The highest BCUT2D eigenvalue weighted by molar-refractivity contribution is 5.85. The highest BCUT2D eigenvalue weighted by atomic mass is 35.5. The molecular formula is C15H29ClN2O2. The average molecular weight is 305 g/mol. The van der Waals surface area contributed by atoms with Gasteiger partial charge in [0.15, 0.2) is 0 Å². The highest BCUT2D eigenvalue weighted by Gasteiger charge is 2.27. The largest absolute Gasteiger partial charge is 0.376 e. The summed E-state index contributed by atoms with van der Waals surface area (Å²) < 4.78 is 5.83. The number of rotatable bonds is 8. The van der Waals surface area contributed by atoms with E-state index in [-0.39, 0.29) is 24.4 Å². The van der Waals surface area contributed by atoms with E-state index in [2.05, 4.69) is 19.2 Å². The molecule has 1 heterocycles. The zero-order chi connectivity index (χ0) is 13.7. The quantitative estimate of drug-likeness (QED) is 0.746. The van der Waals surface area contributed by atoms with Crippen LogP contribution in [-0.4, -0.2) is 49.7 Å². The summed E-state index contributed by atoms with van der Waals surface area (Å²) in [6.07, 6.45) is 5.01. The summed E-state index contributed by atoms with van der Waals surface area (Å²) >= 11 is 0. The SMILES string of the molecule is CC(C)CCOC1CCN(C(=O)CNCC2CC2)C1.Cl. The topological polar surface area (TPSA) is 41.6 Å². The Balaban J connectivity index is 0.00000200. The maximum absolute atomic E-state index is 12.0.